The predicted molar refractivity (Wildman–Crippen MR) is 149 cm³/mol. The van der Waals surface area contributed by atoms with Gasteiger partial charge in [0.2, 0.25) is 0 Å². The lowest BCUT2D eigenvalue weighted by atomic mass is 9.83. The van der Waals surface area contributed by atoms with Crippen molar-refractivity contribution in [3.63, 3.8) is 0 Å². The summed E-state index contributed by atoms with van der Waals surface area (Å²) in [5, 5.41) is 20.7. The zero-order valence-corrected chi connectivity index (χ0v) is 23.0. The topological polar surface area (TPSA) is 77.8 Å². The minimum atomic E-state index is -0.865. The molecule has 1 unspecified atom stereocenters. The Morgan fingerprint density at radius 1 is 0.842 bits per heavy atom. The van der Waals surface area contributed by atoms with Crippen molar-refractivity contribution >= 4 is 23.4 Å². The summed E-state index contributed by atoms with van der Waals surface area (Å²) in [7, 11) is 0. The Bertz CT molecular complexity index is 1000. The third-order valence-corrected chi connectivity index (χ3v) is 8.07. The normalized spacial score (nSPS) is 16.3. The van der Waals surface area contributed by atoms with Gasteiger partial charge in [0.25, 0.3) is 0 Å². The highest BCUT2D eigenvalue weighted by molar-refractivity contribution is 6.30. The lowest BCUT2D eigenvalue weighted by Crippen LogP contribution is -2.47. The minimum absolute atomic E-state index is 0.0334. The Morgan fingerprint density at radius 3 is 2.03 bits per heavy atom. The second-order valence-electron chi connectivity index (χ2n) is 10.6. The molecule has 1 saturated heterocycles. The molecule has 0 radical (unpaired) electrons. The van der Waals surface area contributed by atoms with Gasteiger partial charge < -0.3 is 15.1 Å². The van der Waals surface area contributed by atoms with Crippen LogP contribution >= 0.6 is 11.6 Å². The summed E-state index contributed by atoms with van der Waals surface area (Å²) in [6.07, 6.45) is 10.9. The Kier molecular flexibility index (Phi) is 12.2. The molecule has 0 saturated carbocycles. The van der Waals surface area contributed by atoms with Crippen LogP contribution in [0.15, 0.2) is 48.5 Å². The summed E-state index contributed by atoms with van der Waals surface area (Å²) >= 11 is 6.03. The van der Waals surface area contributed by atoms with Crippen LogP contribution in [0.25, 0.3) is 0 Å². The highest BCUT2D eigenvalue weighted by Gasteiger charge is 2.36. The summed E-state index contributed by atoms with van der Waals surface area (Å²) in [6, 6.07) is 13.5. The van der Waals surface area contributed by atoms with Crippen LogP contribution in [-0.2, 0) is 10.4 Å². The number of aliphatic carboxylic acids is 1. The average Bonchev–Trinajstić information content (AvgIpc) is 2.90. The van der Waals surface area contributed by atoms with Crippen molar-refractivity contribution in [2.45, 2.75) is 95.1 Å². The van der Waals surface area contributed by atoms with E-state index in [-0.39, 0.29) is 24.1 Å². The fourth-order valence-corrected chi connectivity index (χ4v) is 5.56. The van der Waals surface area contributed by atoms with Crippen LogP contribution in [0.5, 0.6) is 0 Å². The first-order valence-corrected chi connectivity index (χ1v) is 14.4. The molecule has 1 atom stereocenters. The fourth-order valence-electron chi connectivity index (χ4n) is 5.44. The number of carboxylic acid groups (broad SMARTS) is 1. The van der Waals surface area contributed by atoms with Gasteiger partial charge in [-0.2, -0.15) is 0 Å². The molecule has 0 spiro atoms. The summed E-state index contributed by atoms with van der Waals surface area (Å²) in [4.78, 5) is 25.8. The molecule has 2 N–H and O–H groups in total. The zero-order chi connectivity index (χ0) is 27.4. The van der Waals surface area contributed by atoms with Crippen LogP contribution in [0, 0.1) is 5.82 Å². The molecule has 7 heteroatoms. The van der Waals surface area contributed by atoms with E-state index >= 15 is 0 Å². The molecular weight excluding hydrogens is 505 g/mol. The number of carboxylic acids is 1. The van der Waals surface area contributed by atoms with Gasteiger partial charge in [-0.15, -0.1) is 0 Å². The standard InChI is InChI=1S/C31H41ClFNO4/c32-26-14-12-25(13-15-26)31(38)20-22-34(23-21-31)28(8-6-4-2-1-3-5-7-9-30(36)37)18-19-29(35)24-10-16-27(33)17-11-24/h10-17,28,38H,1-9,18-23H2,(H,36,37). The molecule has 0 amide bonds. The smallest absolute Gasteiger partial charge is 0.303 e. The van der Waals surface area contributed by atoms with Gasteiger partial charge >= 0.3 is 5.97 Å². The van der Waals surface area contributed by atoms with E-state index in [1.54, 1.807) is 12.1 Å². The summed E-state index contributed by atoms with van der Waals surface area (Å²) < 4.78 is 13.3. The van der Waals surface area contributed by atoms with Crippen molar-refractivity contribution < 1.29 is 24.2 Å². The quantitative estimate of drug-likeness (QED) is 0.170. The first-order valence-electron chi connectivity index (χ1n) is 14.0. The molecule has 1 aliphatic heterocycles. The molecule has 0 aromatic heterocycles. The first kappa shape index (κ1) is 30.3. The van der Waals surface area contributed by atoms with Crippen LogP contribution in [0.4, 0.5) is 4.39 Å². The molecular formula is C31H41ClFNO4. The number of aliphatic hydroxyl groups is 1. The second kappa shape index (κ2) is 15.3. The molecule has 208 valence electrons. The molecule has 5 nitrogen and oxygen atoms in total. The van der Waals surface area contributed by atoms with Gasteiger partial charge in [0.1, 0.15) is 5.82 Å². The van der Waals surface area contributed by atoms with Crippen LogP contribution in [0.1, 0.15) is 99.4 Å². The third-order valence-electron chi connectivity index (χ3n) is 7.82. The van der Waals surface area contributed by atoms with Crippen LogP contribution in [0.2, 0.25) is 5.02 Å². The lowest BCUT2D eigenvalue weighted by molar-refractivity contribution is -0.137. The Labute approximate surface area is 231 Å². The van der Waals surface area contributed by atoms with Crippen LogP contribution in [-0.4, -0.2) is 46.0 Å². The van der Waals surface area contributed by atoms with E-state index in [0.717, 1.165) is 76.4 Å². The Hall–Kier alpha value is -2.28. The number of halogens is 2. The van der Waals surface area contributed by atoms with Crippen molar-refractivity contribution in [1.29, 1.82) is 0 Å². The average molecular weight is 546 g/mol. The number of unbranched alkanes of at least 4 members (excludes halogenated alkanes) is 6. The molecule has 2 aromatic carbocycles. The lowest BCUT2D eigenvalue weighted by Gasteiger charge is -2.42. The molecule has 2 aromatic rings. The number of hydrogen-bond donors (Lipinski definition) is 2. The number of piperidine rings is 1. The summed E-state index contributed by atoms with van der Waals surface area (Å²) in [5.74, 6) is -1.04. The van der Waals surface area contributed by atoms with Crippen LogP contribution in [0.3, 0.4) is 0 Å². The van der Waals surface area contributed by atoms with Gasteiger partial charge in [0, 0.05) is 42.6 Å². The monoisotopic (exact) mass is 545 g/mol. The van der Waals surface area contributed by atoms with Crippen LogP contribution < -0.4 is 0 Å². The number of carbonyl (C=O) groups excluding carboxylic acids is 1. The SMILES string of the molecule is O=C(O)CCCCCCCCCC(CCC(=O)c1ccc(F)cc1)N1CCC(O)(c2ccc(Cl)cc2)CC1. The van der Waals surface area contributed by atoms with Crippen molar-refractivity contribution in [3.8, 4) is 0 Å². The molecule has 38 heavy (non-hydrogen) atoms. The highest BCUT2D eigenvalue weighted by atomic mass is 35.5. The van der Waals surface area contributed by atoms with E-state index in [9.17, 15) is 19.1 Å². The maximum atomic E-state index is 13.3. The third kappa shape index (κ3) is 9.79. The van der Waals surface area contributed by atoms with E-state index in [1.807, 2.05) is 24.3 Å². The first-order chi connectivity index (χ1) is 18.3. The fraction of sp³-hybridized carbons (Fsp3) is 0.548. The molecule has 0 aliphatic carbocycles. The largest absolute Gasteiger partial charge is 0.481 e. The molecule has 1 aliphatic rings. The summed E-state index contributed by atoms with van der Waals surface area (Å²) in [6.45, 7) is 1.52. The van der Waals surface area contributed by atoms with E-state index in [4.69, 9.17) is 16.7 Å². The van der Waals surface area contributed by atoms with E-state index in [2.05, 4.69) is 4.90 Å². The number of nitrogens with zero attached hydrogens (tertiary/aromatic N) is 1. The van der Waals surface area contributed by atoms with Crippen molar-refractivity contribution in [1.82, 2.24) is 4.90 Å². The number of hydrogen-bond acceptors (Lipinski definition) is 4. The Morgan fingerprint density at radius 2 is 1.42 bits per heavy atom. The van der Waals surface area contributed by atoms with E-state index < -0.39 is 11.6 Å². The molecule has 1 heterocycles. The molecule has 1 fully saturated rings. The van der Waals surface area contributed by atoms with Gasteiger partial charge in [-0.05, 0) is 74.1 Å². The van der Waals surface area contributed by atoms with Crippen molar-refractivity contribution in [3.05, 3.63) is 70.5 Å². The highest BCUT2D eigenvalue weighted by Crippen LogP contribution is 2.35. The van der Waals surface area contributed by atoms with Crippen molar-refractivity contribution in [2.75, 3.05) is 13.1 Å². The second-order valence-corrected chi connectivity index (χ2v) is 11.0. The number of carbonyl (C=O) groups is 2. The van der Waals surface area contributed by atoms with Gasteiger partial charge in [-0.3, -0.25) is 9.59 Å². The maximum Gasteiger partial charge on any atom is 0.303 e. The van der Waals surface area contributed by atoms with Crippen molar-refractivity contribution in [2.24, 2.45) is 0 Å². The van der Waals surface area contributed by atoms with Gasteiger partial charge in [0.15, 0.2) is 5.78 Å². The minimum Gasteiger partial charge on any atom is -0.481 e. The summed E-state index contributed by atoms with van der Waals surface area (Å²) in [5.41, 5.74) is 0.577. The zero-order valence-electron chi connectivity index (χ0n) is 22.2. The number of Topliss-reactive ketones (excluding diaryl/α,β-unsaturated/α-hetero) is 1. The number of likely N-dealkylation sites (tertiary alicyclic amines) is 1. The molecule has 3 rings (SSSR count). The maximum absolute atomic E-state index is 13.3. The number of ketones is 1. The van der Waals surface area contributed by atoms with Gasteiger partial charge in [-0.1, -0.05) is 62.3 Å². The van der Waals surface area contributed by atoms with E-state index in [1.165, 1.54) is 12.1 Å². The predicted octanol–water partition coefficient (Wildman–Crippen LogP) is 7.39. The number of rotatable bonds is 16. The molecule has 0 bridgehead atoms. The number of benzene rings is 2. The van der Waals surface area contributed by atoms with Gasteiger partial charge in [-0.25, -0.2) is 4.39 Å². The van der Waals surface area contributed by atoms with Gasteiger partial charge in [0.05, 0.1) is 5.60 Å². The van der Waals surface area contributed by atoms with E-state index in [0.29, 0.717) is 29.8 Å². The Balaban J connectivity index is 1.50.